The van der Waals surface area contributed by atoms with E-state index in [9.17, 15) is 9.90 Å². The van der Waals surface area contributed by atoms with Gasteiger partial charge in [-0.15, -0.1) is 24.0 Å². The second kappa shape index (κ2) is 13.0. The molecule has 2 aromatic rings. The molecular formula is C23H32IN5O2. The number of nitrogens with one attached hydrogen (secondary N) is 2. The van der Waals surface area contributed by atoms with Gasteiger partial charge in [-0.3, -0.25) is 9.79 Å². The molecular weight excluding hydrogens is 505 g/mol. The Hall–Kier alpha value is -2.49. The minimum atomic E-state index is 0. The Kier molecular flexibility index (Phi) is 10.4. The van der Waals surface area contributed by atoms with Crippen molar-refractivity contribution in [1.82, 2.24) is 15.5 Å². The standard InChI is InChI=1S/C23H31N5O2.HI/c1-2-24-23(25-13-12-22(30)26-18-19-8-4-3-5-9-19)28-16-14-27(15-17-28)20-10-6-7-11-21(20)29;/h3-11,29H,2,12-18H2,1H3,(H,24,25)(H,26,30);1H. The molecule has 3 N–H and O–H groups in total. The van der Waals surface area contributed by atoms with E-state index >= 15 is 0 Å². The van der Waals surface area contributed by atoms with Crippen LogP contribution in [0.5, 0.6) is 5.75 Å². The van der Waals surface area contributed by atoms with Gasteiger partial charge in [-0.25, -0.2) is 0 Å². The van der Waals surface area contributed by atoms with E-state index in [1.807, 2.05) is 55.5 Å². The van der Waals surface area contributed by atoms with E-state index in [0.717, 1.165) is 49.9 Å². The van der Waals surface area contributed by atoms with Gasteiger partial charge < -0.3 is 25.5 Å². The Morgan fingerprint density at radius 3 is 2.35 bits per heavy atom. The summed E-state index contributed by atoms with van der Waals surface area (Å²) in [5, 5.41) is 16.3. The van der Waals surface area contributed by atoms with E-state index in [0.29, 0.717) is 25.3 Å². The number of piperazine rings is 1. The van der Waals surface area contributed by atoms with Crippen LogP contribution >= 0.6 is 24.0 Å². The molecule has 0 spiro atoms. The van der Waals surface area contributed by atoms with Crippen LogP contribution in [-0.4, -0.2) is 61.1 Å². The van der Waals surface area contributed by atoms with Crippen molar-refractivity contribution in [2.24, 2.45) is 4.99 Å². The molecule has 1 fully saturated rings. The SMILES string of the molecule is CCNC(=NCCC(=O)NCc1ccccc1)N1CCN(c2ccccc2O)CC1.I. The summed E-state index contributed by atoms with van der Waals surface area (Å²) in [6, 6.07) is 17.3. The molecule has 1 heterocycles. The second-order valence-electron chi connectivity index (χ2n) is 7.21. The lowest BCUT2D eigenvalue weighted by Crippen LogP contribution is -2.52. The molecule has 1 amide bonds. The first kappa shape index (κ1) is 24.8. The molecule has 2 aromatic carbocycles. The Bertz CT molecular complexity index is 839. The Morgan fingerprint density at radius 1 is 1.00 bits per heavy atom. The van der Waals surface area contributed by atoms with Gasteiger partial charge in [0.15, 0.2) is 5.96 Å². The van der Waals surface area contributed by atoms with E-state index in [2.05, 4.69) is 25.4 Å². The number of hydrogen-bond acceptors (Lipinski definition) is 4. The van der Waals surface area contributed by atoms with Gasteiger partial charge in [-0.05, 0) is 24.6 Å². The monoisotopic (exact) mass is 537 g/mol. The minimum Gasteiger partial charge on any atom is -0.506 e. The number of halogens is 1. The van der Waals surface area contributed by atoms with E-state index in [4.69, 9.17) is 0 Å². The highest BCUT2D eigenvalue weighted by molar-refractivity contribution is 14.0. The summed E-state index contributed by atoms with van der Waals surface area (Å²) in [7, 11) is 0. The summed E-state index contributed by atoms with van der Waals surface area (Å²) in [4.78, 5) is 21.2. The van der Waals surface area contributed by atoms with Crippen molar-refractivity contribution in [2.45, 2.75) is 19.9 Å². The fourth-order valence-corrected chi connectivity index (χ4v) is 3.46. The lowest BCUT2D eigenvalue weighted by Gasteiger charge is -2.37. The molecule has 0 unspecified atom stereocenters. The average Bonchev–Trinajstić information content (AvgIpc) is 2.78. The van der Waals surface area contributed by atoms with Gasteiger partial charge in [0.1, 0.15) is 5.75 Å². The number of carbonyl (C=O) groups excluding carboxylic acids is 1. The number of anilines is 1. The van der Waals surface area contributed by atoms with Crippen LogP contribution in [0.2, 0.25) is 0 Å². The van der Waals surface area contributed by atoms with Crippen LogP contribution in [0.3, 0.4) is 0 Å². The van der Waals surface area contributed by atoms with Crippen LogP contribution < -0.4 is 15.5 Å². The maximum absolute atomic E-state index is 12.1. The normalized spacial score (nSPS) is 14.0. The Labute approximate surface area is 201 Å². The Morgan fingerprint density at radius 2 is 1.68 bits per heavy atom. The topological polar surface area (TPSA) is 80.2 Å². The molecule has 31 heavy (non-hydrogen) atoms. The summed E-state index contributed by atoms with van der Waals surface area (Å²) >= 11 is 0. The summed E-state index contributed by atoms with van der Waals surface area (Å²) in [6.07, 6.45) is 0.361. The van der Waals surface area contributed by atoms with Crippen molar-refractivity contribution in [3.63, 3.8) is 0 Å². The van der Waals surface area contributed by atoms with Gasteiger partial charge in [0.05, 0.1) is 12.2 Å². The smallest absolute Gasteiger partial charge is 0.222 e. The van der Waals surface area contributed by atoms with Crippen LogP contribution in [0, 0.1) is 0 Å². The molecule has 0 bridgehead atoms. The fourth-order valence-electron chi connectivity index (χ4n) is 3.46. The highest BCUT2D eigenvalue weighted by Gasteiger charge is 2.21. The minimum absolute atomic E-state index is 0. The molecule has 0 aliphatic carbocycles. The van der Waals surface area contributed by atoms with Crippen molar-refractivity contribution >= 4 is 41.5 Å². The van der Waals surface area contributed by atoms with Gasteiger partial charge in [0.25, 0.3) is 0 Å². The summed E-state index contributed by atoms with van der Waals surface area (Å²) < 4.78 is 0. The largest absolute Gasteiger partial charge is 0.506 e. The second-order valence-corrected chi connectivity index (χ2v) is 7.21. The number of guanidine groups is 1. The van der Waals surface area contributed by atoms with Gasteiger partial charge in [-0.1, -0.05) is 42.5 Å². The van der Waals surface area contributed by atoms with E-state index < -0.39 is 0 Å². The number of nitrogens with zero attached hydrogens (tertiary/aromatic N) is 3. The first-order valence-electron chi connectivity index (χ1n) is 10.5. The summed E-state index contributed by atoms with van der Waals surface area (Å²) in [6.45, 7) is 7.03. The van der Waals surface area contributed by atoms with Crippen LogP contribution in [0.15, 0.2) is 59.6 Å². The van der Waals surface area contributed by atoms with Crippen LogP contribution in [0.4, 0.5) is 5.69 Å². The van der Waals surface area contributed by atoms with E-state index in [1.54, 1.807) is 6.07 Å². The van der Waals surface area contributed by atoms with Crippen LogP contribution in [-0.2, 0) is 11.3 Å². The maximum atomic E-state index is 12.1. The summed E-state index contributed by atoms with van der Waals surface area (Å²) in [5.74, 6) is 1.15. The van der Waals surface area contributed by atoms with Crippen LogP contribution in [0.1, 0.15) is 18.9 Å². The molecule has 168 valence electrons. The number of amides is 1. The fraction of sp³-hybridized carbons (Fsp3) is 0.391. The van der Waals surface area contributed by atoms with Crippen molar-refractivity contribution in [3.05, 3.63) is 60.2 Å². The molecule has 8 heteroatoms. The number of rotatable bonds is 7. The molecule has 0 radical (unpaired) electrons. The van der Waals surface area contributed by atoms with Crippen LogP contribution in [0.25, 0.3) is 0 Å². The molecule has 0 atom stereocenters. The third-order valence-corrected chi connectivity index (χ3v) is 5.07. The number of carbonyl (C=O) groups is 1. The van der Waals surface area contributed by atoms with Gasteiger partial charge in [-0.2, -0.15) is 0 Å². The lowest BCUT2D eigenvalue weighted by atomic mass is 10.2. The molecule has 1 aliphatic rings. The molecule has 0 aromatic heterocycles. The number of aliphatic imine (C=N–C) groups is 1. The number of benzene rings is 2. The zero-order chi connectivity index (χ0) is 21.2. The van der Waals surface area contributed by atoms with Gasteiger partial charge in [0, 0.05) is 45.7 Å². The predicted octanol–water partition coefficient (Wildman–Crippen LogP) is 2.80. The first-order chi connectivity index (χ1) is 14.7. The van der Waals surface area contributed by atoms with Crippen molar-refractivity contribution in [3.8, 4) is 5.75 Å². The average molecular weight is 537 g/mol. The zero-order valence-corrected chi connectivity index (χ0v) is 20.3. The van der Waals surface area contributed by atoms with E-state index in [1.165, 1.54) is 0 Å². The number of para-hydroxylation sites is 2. The molecule has 0 saturated carbocycles. The predicted molar refractivity (Wildman–Crippen MR) is 136 cm³/mol. The quantitative estimate of drug-likeness (QED) is 0.288. The molecule has 1 saturated heterocycles. The van der Waals surface area contributed by atoms with Gasteiger partial charge >= 0.3 is 0 Å². The third-order valence-electron chi connectivity index (χ3n) is 5.07. The lowest BCUT2D eigenvalue weighted by molar-refractivity contribution is -0.121. The molecule has 1 aliphatic heterocycles. The number of phenolic OH excluding ortho intramolecular Hbond substituents is 1. The zero-order valence-electron chi connectivity index (χ0n) is 18.0. The first-order valence-corrected chi connectivity index (χ1v) is 10.5. The Balaban J connectivity index is 0.00000341. The maximum Gasteiger partial charge on any atom is 0.222 e. The molecule has 3 rings (SSSR count). The van der Waals surface area contributed by atoms with Crippen molar-refractivity contribution in [2.75, 3.05) is 44.2 Å². The van der Waals surface area contributed by atoms with Crippen molar-refractivity contribution in [1.29, 1.82) is 0 Å². The summed E-state index contributed by atoms with van der Waals surface area (Å²) in [5.41, 5.74) is 1.96. The highest BCUT2D eigenvalue weighted by atomic mass is 127. The number of phenols is 1. The third kappa shape index (κ3) is 7.61. The number of aromatic hydroxyl groups is 1. The molecule has 7 nitrogen and oxygen atoms in total. The van der Waals surface area contributed by atoms with E-state index in [-0.39, 0.29) is 29.9 Å². The number of hydrogen-bond donors (Lipinski definition) is 3. The highest BCUT2D eigenvalue weighted by Crippen LogP contribution is 2.27. The van der Waals surface area contributed by atoms with Crippen molar-refractivity contribution < 1.29 is 9.90 Å². The van der Waals surface area contributed by atoms with Gasteiger partial charge in [0.2, 0.25) is 5.91 Å².